The predicted molar refractivity (Wildman–Crippen MR) is 76.3 cm³/mol. The second kappa shape index (κ2) is 7.01. The lowest BCUT2D eigenvalue weighted by atomic mass is 10.1. The minimum Gasteiger partial charge on any atom is -0.544 e. The number of benzene rings is 1. The van der Waals surface area contributed by atoms with Crippen molar-refractivity contribution in [2.45, 2.75) is 32.1 Å². The van der Waals surface area contributed by atoms with Gasteiger partial charge in [0.05, 0.1) is 0 Å². The summed E-state index contributed by atoms with van der Waals surface area (Å²) in [7, 11) is -1.53. The van der Waals surface area contributed by atoms with Crippen molar-refractivity contribution < 1.29 is 9.53 Å². The molecule has 0 aliphatic rings. The van der Waals surface area contributed by atoms with Gasteiger partial charge in [-0.1, -0.05) is 12.1 Å². The number of hydrogen-bond donors (Lipinski definition) is 2. The molecule has 0 amide bonds. The van der Waals surface area contributed by atoms with Gasteiger partial charge in [0.2, 0.25) is 8.32 Å². The molecule has 1 rings (SSSR count). The van der Waals surface area contributed by atoms with Crippen LogP contribution in [-0.2, 0) is 0 Å². The smallest absolute Gasteiger partial charge is 0.242 e. The van der Waals surface area contributed by atoms with E-state index in [1.54, 1.807) is 0 Å². The number of halogens is 1. The molecule has 1 aromatic carbocycles. The van der Waals surface area contributed by atoms with Crippen molar-refractivity contribution in [2.24, 2.45) is 5.73 Å². The molecule has 0 aromatic heterocycles. The first-order valence-electron chi connectivity index (χ1n) is 5.58. The molecule has 98 valence electrons. The molecule has 1 atom stereocenters. The van der Waals surface area contributed by atoms with Gasteiger partial charge in [-0.3, -0.25) is 0 Å². The quantitative estimate of drug-likeness (QED) is 0.813. The van der Waals surface area contributed by atoms with E-state index in [0.29, 0.717) is 6.42 Å². The minimum absolute atomic E-state index is 0. The van der Waals surface area contributed by atoms with Gasteiger partial charge in [-0.05, 0) is 43.8 Å². The molecular weight excluding hydrogens is 254 g/mol. The van der Waals surface area contributed by atoms with E-state index in [0.717, 1.165) is 11.3 Å². The first-order chi connectivity index (χ1) is 7.42. The lowest BCUT2D eigenvalue weighted by molar-refractivity contribution is 0.276. The number of hydrogen-bond acceptors (Lipinski definition) is 3. The van der Waals surface area contributed by atoms with E-state index < -0.39 is 8.32 Å². The van der Waals surface area contributed by atoms with Crippen LogP contribution in [0.4, 0.5) is 0 Å². The van der Waals surface area contributed by atoms with E-state index in [-0.39, 0.29) is 25.1 Å². The molecule has 0 saturated carbocycles. The molecule has 0 aliphatic carbocycles. The van der Waals surface area contributed by atoms with Crippen LogP contribution in [-0.4, -0.2) is 20.0 Å². The van der Waals surface area contributed by atoms with Gasteiger partial charge in [0.25, 0.3) is 0 Å². The van der Waals surface area contributed by atoms with E-state index in [4.69, 9.17) is 15.3 Å². The van der Waals surface area contributed by atoms with Gasteiger partial charge in [0.1, 0.15) is 5.75 Å². The summed E-state index contributed by atoms with van der Waals surface area (Å²) < 4.78 is 5.85. The number of rotatable bonds is 5. The maximum Gasteiger partial charge on any atom is 0.242 e. The van der Waals surface area contributed by atoms with E-state index in [1.165, 1.54) is 0 Å². The Bertz CT molecular complexity index is 324. The van der Waals surface area contributed by atoms with Crippen LogP contribution in [0.25, 0.3) is 0 Å². The van der Waals surface area contributed by atoms with E-state index in [9.17, 15) is 0 Å². The first-order valence-corrected chi connectivity index (χ1v) is 8.98. The zero-order chi connectivity index (χ0) is 12.2. The molecule has 1 aromatic rings. The van der Waals surface area contributed by atoms with Crippen LogP contribution >= 0.6 is 12.4 Å². The molecule has 0 aliphatic heterocycles. The Hall–Kier alpha value is -0.553. The normalized spacial score (nSPS) is 12.8. The highest BCUT2D eigenvalue weighted by Gasteiger charge is 2.16. The van der Waals surface area contributed by atoms with Crippen molar-refractivity contribution in [3.63, 3.8) is 0 Å². The third-order valence-corrected chi connectivity index (χ3v) is 3.02. The Morgan fingerprint density at radius 3 is 2.18 bits per heavy atom. The fourth-order valence-electron chi connectivity index (χ4n) is 1.44. The third kappa shape index (κ3) is 6.07. The highest BCUT2D eigenvalue weighted by Crippen LogP contribution is 2.20. The molecule has 0 bridgehead atoms. The maximum absolute atomic E-state index is 8.81. The Balaban J connectivity index is 0.00000256. The van der Waals surface area contributed by atoms with Crippen LogP contribution in [0.1, 0.15) is 18.0 Å². The van der Waals surface area contributed by atoms with Gasteiger partial charge in [-0.2, -0.15) is 0 Å². The van der Waals surface area contributed by atoms with Crippen molar-refractivity contribution in [1.29, 1.82) is 0 Å². The number of nitrogens with two attached hydrogens (primary N) is 1. The van der Waals surface area contributed by atoms with Crippen molar-refractivity contribution >= 4 is 20.7 Å². The first kappa shape index (κ1) is 16.4. The summed E-state index contributed by atoms with van der Waals surface area (Å²) in [6.45, 7) is 6.57. The fourth-order valence-corrected chi connectivity index (χ4v) is 2.29. The van der Waals surface area contributed by atoms with Gasteiger partial charge in [0.15, 0.2) is 0 Å². The van der Waals surface area contributed by atoms with Gasteiger partial charge >= 0.3 is 0 Å². The van der Waals surface area contributed by atoms with Crippen LogP contribution in [0.2, 0.25) is 19.6 Å². The highest BCUT2D eigenvalue weighted by molar-refractivity contribution is 6.70. The Morgan fingerprint density at radius 2 is 1.76 bits per heavy atom. The van der Waals surface area contributed by atoms with E-state index in [2.05, 4.69) is 19.6 Å². The van der Waals surface area contributed by atoms with Gasteiger partial charge in [-0.15, -0.1) is 12.4 Å². The summed E-state index contributed by atoms with van der Waals surface area (Å²) in [6.07, 6.45) is 0.591. The summed E-state index contributed by atoms with van der Waals surface area (Å²) in [5, 5.41) is 8.81. The third-order valence-electron chi connectivity index (χ3n) is 2.17. The SMILES string of the molecule is C[Si](C)(C)Oc1ccc([C@@H](N)CCO)cc1.Cl. The predicted octanol–water partition coefficient (Wildman–Crippen LogP) is 2.70. The van der Waals surface area contributed by atoms with Crippen molar-refractivity contribution in [1.82, 2.24) is 0 Å². The number of aliphatic hydroxyl groups is 1. The Morgan fingerprint density at radius 1 is 1.24 bits per heavy atom. The summed E-state index contributed by atoms with van der Waals surface area (Å²) >= 11 is 0. The molecule has 3 N–H and O–H groups in total. The Labute approximate surface area is 111 Å². The van der Waals surface area contributed by atoms with Crippen LogP contribution in [0.15, 0.2) is 24.3 Å². The monoisotopic (exact) mass is 275 g/mol. The average molecular weight is 276 g/mol. The highest BCUT2D eigenvalue weighted by atomic mass is 35.5. The maximum atomic E-state index is 8.81. The lowest BCUT2D eigenvalue weighted by Gasteiger charge is -2.19. The van der Waals surface area contributed by atoms with E-state index >= 15 is 0 Å². The number of aliphatic hydroxyl groups excluding tert-OH is 1. The summed E-state index contributed by atoms with van der Waals surface area (Å²) in [4.78, 5) is 0. The molecule has 0 fully saturated rings. The average Bonchev–Trinajstić information content (AvgIpc) is 2.16. The van der Waals surface area contributed by atoms with Crippen molar-refractivity contribution in [3.8, 4) is 5.75 Å². The Kier molecular flexibility index (Phi) is 6.78. The van der Waals surface area contributed by atoms with Gasteiger partial charge < -0.3 is 15.3 Å². The van der Waals surface area contributed by atoms with Gasteiger partial charge in [0, 0.05) is 12.6 Å². The van der Waals surface area contributed by atoms with Crippen LogP contribution < -0.4 is 10.2 Å². The summed E-state index contributed by atoms with van der Waals surface area (Å²) in [5.74, 6) is 0.902. The molecule has 0 saturated heterocycles. The molecular formula is C12H22ClNO2Si. The minimum atomic E-state index is -1.53. The molecule has 3 nitrogen and oxygen atoms in total. The lowest BCUT2D eigenvalue weighted by Crippen LogP contribution is -2.29. The van der Waals surface area contributed by atoms with Crippen LogP contribution in [0.3, 0.4) is 0 Å². The molecule has 0 unspecified atom stereocenters. The van der Waals surface area contributed by atoms with Crippen molar-refractivity contribution in [2.75, 3.05) is 6.61 Å². The largest absolute Gasteiger partial charge is 0.544 e. The van der Waals surface area contributed by atoms with Crippen LogP contribution in [0, 0.1) is 0 Å². The zero-order valence-electron chi connectivity index (χ0n) is 10.6. The molecule has 0 heterocycles. The molecule has 17 heavy (non-hydrogen) atoms. The summed E-state index contributed by atoms with van der Waals surface area (Å²) in [6, 6.07) is 7.74. The topological polar surface area (TPSA) is 55.5 Å². The zero-order valence-corrected chi connectivity index (χ0v) is 12.5. The summed E-state index contributed by atoms with van der Waals surface area (Å²) in [5.41, 5.74) is 6.93. The molecule has 0 spiro atoms. The van der Waals surface area contributed by atoms with E-state index in [1.807, 2.05) is 24.3 Å². The molecule has 0 radical (unpaired) electrons. The standard InChI is InChI=1S/C12H21NO2Si.ClH/c1-16(2,3)15-11-6-4-10(5-7-11)12(13)8-9-14;/h4-7,12,14H,8-9,13H2,1-3H3;1H/t12-;/m0./s1. The molecule has 5 heteroatoms. The van der Waals surface area contributed by atoms with Crippen molar-refractivity contribution in [3.05, 3.63) is 29.8 Å². The van der Waals surface area contributed by atoms with Gasteiger partial charge in [-0.25, -0.2) is 0 Å². The second-order valence-electron chi connectivity index (χ2n) is 4.90. The van der Waals surface area contributed by atoms with Crippen LogP contribution in [0.5, 0.6) is 5.75 Å². The fraction of sp³-hybridized carbons (Fsp3) is 0.500. The second-order valence-corrected chi connectivity index (χ2v) is 9.33.